The second-order valence-corrected chi connectivity index (χ2v) is 7.21. The fourth-order valence-electron chi connectivity index (χ4n) is 3.30. The average Bonchev–Trinajstić information content (AvgIpc) is 2.71. The summed E-state index contributed by atoms with van der Waals surface area (Å²) in [5, 5.41) is 6.13. The van der Waals surface area contributed by atoms with Gasteiger partial charge in [-0.15, -0.1) is 0 Å². The number of benzene rings is 2. The smallest absolute Gasteiger partial charge is 0.221 e. The molecule has 0 aromatic heterocycles. The second-order valence-electron chi connectivity index (χ2n) is 7.21. The Morgan fingerprint density at radius 1 is 1.00 bits per heavy atom. The molecule has 0 spiro atoms. The number of rotatable bonds is 8. The van der Waals surface area contributed by atoms with Gasteiger partial charge in [0.05, 0.1) is 0 Å². The van der Waals surface area contributed by atoms with Crippen LogP contribution in [-0.2, 0) is 11.2 Å². The first kappa shape index (κ1) is 20.1. The highest BCUT2D eigenvalue weighted by Gasteiger charge is 2.13. The second kappa shape index (κ2) is 10.1. The van der Waals surface area contributed by atoms with E-state index >= 15 is 0 Å². The van der Waals surface area contributed by atoms with Gasteiger partial charge < -0.3 is 20.4 Å². The van der Waals surface area contributed by atoms with Crippen LogP contribution in [-0.4, -0.2) is 57.1 Å². The lowest BCUT2D eigenvalue weighted by atomic mass is 10.1. The van der Waals surface area contributed by atoms with E-state index in [1.54, 1.807) is 18.2 Å². The lowest BCUT2D eigenvalue weighted by Crippen LogP contribution is -2.44. The molecule has 28 heavy (non-hydrogen) atoms. The fourth-order valence-corrected chi connectivity index (χ4v) is 3.30. The first-order valence-corrected chi connectivity index (χ1v) is 9.89. The third-order valence-corrected chi connectivity index (χ3v) is 5.09. The summed E-state index contributed by atoms with van der Waals surface area (Å²) in [7, 11) is 2.15. The number of nitrogens with one attached hydrogen (secondary N) is 2. The molecule has 0 bridgehead atoms. The summed E-state index contributed by atoms with van der Waals surface area (Å²) in [6, 6.07) is 15.0. The predicted molar refractivity (Wildman–Crippen MR) is 112 cm³/mol. The van der Waals surface area contributed by atoms with Crippen LogP contribution in [0.4, 0.5) is 15.8 Å². The molecular formula is C22H29FN4O. The maximum atomic E-state index is 13.5. The molecule has 1 fully saturated rings. The molecule has 1 heterocycles. The lowest BCUT2D eigenvalue weighted by molar-refractivity contribution is -0.120. The number of piperazine rings is 1. The molecule has 1 amide bonds. The van der Waals surface area contributed by atoms with Crippen LogP contribution >= 0.6 is 0 Å². The lowest BCUT2D eigenvalue weighted by Gasteiger charge is -2.34. The monoisotopic (exact) mass is 384 g/mol. The molecule has 6 heteroatoms. The van der Waals surface area contributed by atoms with Crippen LogP contribution in [0.25, 0.3) is 0 Å². The molecule has 150 valence electrons. The number of carbonyl (C=O) groups is 1. The molecule has 0 unspecified atom stereocenters. The number of anilines is 2. The van der Waals surface area contributed by atoms with Gasteiger partial charge in [-0.2, -0.15) is 0 Å². The minimum atomic E-state index is -0.224. The van der Waals surface area contributed by atoms with Crippen molar-refractivity contribution in [1.82, 2.24) is 10.2 Å². The molecule has 0 radical (unpaired) electrons. The molecule has 1 aliphatic heterocycles. The number of amides is 1. The molecule has 1 saturated heterocycles. The largest absolute Gasteiger partial charge is 0.385 e. The van der Waals surface area contributed by atoms with Gasteiger partial charge in [0.1, 0.15) is 5.82 Å². The highest BCUT2D eigenvalue weighted by Crippen LogP contribution is 2.19. The van der Waals surface area contributed by atoms with Crippen LogP contribution in [0.2, 0.25) is 0 Å². The van der Waals surface area contributed by atoms with E-state index in [0.717, 1.165) is 31.9 Å². The quantitative estimate of drug-likeness (QED) is 0.735. The summed E-state index contributed by atoms with van der Waals surface area (Å²) in [6.45, 7) is 5.30. The standard InChI is InChI=1S/C22H29FN4O/c1-26-14-16-27(17-15-26)20-8-6-19(7-9-20)24-13-11-22(28)25-12-10-18-4-2-3-5-21(18)23/h2-9,24H,10-17H2,1H3,(H,25,28). The molecule has 5 nitrogen and oxygen atoms in total. The SMILES string of the molecule is CN1CCN(c2ccc(NCCC(=O)NCCc3ccccc3F)cc2)CC1. The van der Waals surface area contributed by atoms with Crippen molar-refractivity contribution in [2.45, 2.75) is 12.8 Å². The first-order valence-electron chi connectivity index (χ1n) is 9.89. The van der Waals surface area contributed by atoms with Gasteiger partial charge >= 0.3 is 0 Å². The Kier molecular flexibility index (Phi) is 7.25. The molecule has 1 aliphatic rings. The minimum Gasteiger partial charge on any atom is -0.385 e. The zero-order valence-corrected chi connectivity index (χ0v) is 16.5. The molecule has 2 aromatic rings. The number of likely N-dealkylation sites (N-methyl/N-ethyl adjacent to an activating group) is 1. The number of hydrogen-bond donors (Lipinski definition) is 2. The fraction of sp³-hybridized carbons (Fsp3) is 0.409. The van der Waals surface area contributed by atoms with Crippen molar-refractivity contribution < 1.29 is 9.18 Å². The third kappa shape index (κ3) is 5.96. The van der Waals surface area contributed by atoms with E-state index in [1.165, 1.54) is 11.8 Å². The Bertz CT molecular complexity index is 757. The summed E-state index contributed by atoms with van der Waals surface area (Å²) in [4.78, 5) is 16.7. The highest BCUT2D eigenvalue weighted by atomic mass is 19.1. The Labute approximate surface area is 166 Å². The van der Waals surface area contributed by atoms with Crippen LogP contribution in [0.3, 0.4) is 0 Å². The van der Waals surface area contributed by atoms with Gasteiger partial charge in [0.25, 0.3) is 0 Å². The minimum absolute atomic E-state index is 0.0297. The Morgan fingerprint density at radius 2 is 1.71 bits per heavy atom. The molecule has 2 N–H and O–H groups in total. The topological polar surface area (TPSA) is 47.6 Å². The van der Waals surface area contributed by atoms with Crippen LogP contribution in [0.5, 0.6) is 0 Å². The van der Waals surface area contributed by atoms with Gasteiger partial charge in [-0.25, -0.2) is 4.39 Å². The van der Waals surface area contributed by atoms with Crippen molar-refractivity contribution in [3.05, 3.63) is 59.9 Å². The van der Waals surface area contributed by atoms with Gasteiger partial charge in [-0.1, -0.05) is 18.2 Å². The van der Waals surface area contributed by atoms with E-state index in [0.29, 0.717) is 31.5 Å². The third-order valence-electron chi connectivity index (χ3n) is 5.09. The summed E-state index contributed by atoms with van der Waals surface area (Å²) in [6.07, 6.45) is 0.886. The normalized spacial score (nSPS) is 14.7. The van der Waals surface area contributed by atoms with Gasteiger partial charge in [0, 0.05) is 57.1 Å². The molecular weight excluding hydrogens is 355 g/mol. The van der Waals surface area contributed by atoms with Crippen molar-refractivity contribution in [3.63, 3.8) is 0 Å². The van der Waals surface area contributed by atoms with Gasteiger partial charge in [0.2, 0.25) is 5.91 Å². The number of hydrogen-bond acceptors (Lipinski definition) is 4. The zero-order valence-electron chi connectivity index (χ0n) is 16.5. The van der Waals surface area contributed by atoms with Gasteiger partial charge in [-0.05, 0) is 49.4 Å². The van der Waals surface area contributed by atoms with E-state index in [2.05, 4.69) is 51.7 Å². The Hall–Kier alpha value is -2.60. The summed E-state index contributed by atoms with van der Waals surface area (Å²) >= 11 is 0. The van der Waals surface area contributed by atoms with E-state index in [9.17, 15) is 9.18 Å². The van der Waals surface area contributed by atoms with E-state index in [-0.39, 0.29) is 11.7 Å². The maximum absolute atomic E-state index is 13.5. The predicted octanol–water partition coefficient (Wildman–Crippen LogP) is 2.74. The van der Waals surface area contributed by atoms with E-state index in [1.807, 2.05) is 0 Å². The zero-order chi connectivity index (χ0) is 19.8. The van der Waals surface area contributed by atoms with Crippen molar-refractivity contribution in [1.29, 1.82) is 0 Å². The van der Waals surface area contributed by atoms with Crippen LogP contribution in [0.1, 0.15) is 12.0 Å². The van der Waals surface area contributed by atoms with Crippen LogP contribution in [0.15, 0.2) is 48.5 Å². The van der Waals surface area contributed by atoms with Gasteiger partial charge in [0.15, 0.2) is 0 Å². The summed E-state index contributed by atoms with van der Waals surface area (Å²) in [5.74, 6) is -0.253. The number of nitrogens with zero attached hydrogens (tertiary/aromatic N) is 2. The Morgan fingerprint density at radius 3 is 2.43 bits per heavy atom. The van der Waals surface area contributed by atoms with E-state index < -0.39 is 0 Å². The van der Waals surface area contributed by atoms with Crippen molar-refractivity contribution >= 4 is 17.3 Å². The average molecular weight is 384 g/mol. The van der Waals surface area contributed by atoms with Crippen molar-refractivity contribution in [2.24, 2.45) is 0 Å². The molecule has 0 atom stereocenters. The van der Waals surface area contributed by atoms with Crippen molar-refractivity contribution in [3.8, 4) is 0 Å². The highest BCUT2D eigenvalue weighted by molar-refractivity contribution is 5.76. The molecule has 0 aliphatic carbocycles. The Balaban J connectivity index is 1.34. The number of halogens is 1. The van der Waals surface area contributed by atoms with Crippen molar-refractivity contribution in [2.75, 3.05) is 56.5 Å². The summed E-state index contributed by atoms with van der Waals surface area (Å²) in [5.41, 5.74) is 2.88. The van der Waals surface area contributed by atoms with Crippen LogP contribution < -0.4 is 15.5 Å². The van der Waals surface area contributed by atoms with Crippen LogP contribution in [0, 0.1) is 5.82 Å². The maximum Gasteiger partial charge on any atom is 0.221 e. The summed E-state index contributed by atoms with van der Waals surface area (Å²) < 4.78 is 13.5. The molecule has 3 rings (SSSR count). The first-order chi connectivity index (χ1) is 13.6. The molecule has 2 aromatic carbocycles. The molecule has 0 saturated carbocycles. The number of carbonyl (C=O) groups excluding carboxylic acids is 1. The van der Waals surface area contributed by atoms with E-state index in [4.69, 9.17) is 0 Å². The van der Waals surface area contributed by atoms with Gasteiger partial charge in [-0.3, -0.25) is 4.79 Å².